The van der Waals surface area contributed by atoms with E-state index < -0.39 is 143 Å². The Morgan fingerprint density at radius 3 is 1.37 bits per heavy atom. The van der Waals surface area contributed by atoms with Gasteiger partial charge in [-0.25, -0.2) is 53.2 Å². The van der Waals surface area contributed by atoms with Gasteiger partial charge in [-0.3, -0.25) is 27.2 Å². The van der Waals surface area contributed by atoms with Crippen LogP contribution in [0.5, 0.6) is 0 Å². The highest BCUT2D eigenvalue weighted by atomic mass is 31.3. The Morgan fingerprint density at radius 1 is 0.571 bits per heavy atom. The van der Waals surface area contributed by atoms with Crippen molar-refractivity contribution in [2.75, 3.05) is 37.9 Å². The number of nitrogen functional groups attached to an aromatic ring is 2. The summed E-state index contributed by atoms with van der Waals surface area (Å²) in [7, 11) is -20.9. The number of anilines is 2. The number of hydrogen-bond donors (Lipinski definition) is 15. The third-order valence-corrected chi connectivity index (χ3v) is 15.6. The van der Waals surface area contributed by atoms with Crippen LogP contribution in [0.25, 0.3) is 22.3 Å². The fraction of sp³-hybridized carbons (Fsp3) is 0.600. The summed E-state index contributed by atoms with van der Waals surface area (Å²) in [5.41, 5.74) is 12.2. The molecule has 4 aromatic rings. The van der Waals surface area contributed by atoms with E-state index in [1.807, 2.05) is 0 Å². The van der Waals surface area contributed by atoms with Crippen LogP contribution in [0.4, 0.5) is 11.6 Å². The van der Waals surface area contributed by atoms with E-state index in [9.17, 15) is 78.7 Å². The smallest absolute Gasteiger partial charge is 0.387 e. The molecule has 12 unspecified atom stereocenters. The molecule has 18 atom stereocenters. The van der Waals surface area contributed by atoms with Crippen molar-refractivity contribution in [2.45, 2.75) is 85.6 Å². The van der Waals surface area contributed by atoms with E-state index in [1.54, 1.807) is 0 Å². The van der Waals surface area contributed by atoms with Gasteiger partial charge in [-0.1, -0.05) is 0 Å². The summed E-state index contributed by atoms with van der Waals surface area (Å²) in [4.78, 5) is 65.1. The lowest BCUT2D eigenvalue weighted by atomic mass is 10.1. The highest BCUT2D eigenvalue weighted by Gasteiger charge is 2.49. The van der Waals surface area contributed by atoms with Crippen LogP contribution < -0.4 is 16.5 Å². The predicted molar refractivity (Wildman–Crippen MR) is 221 cm³/mol. The number of hydrogen-bond acceptors (Lipinski definition) is 29. The van der Waals surface area contributed by atoms with E-state index in [2.05, 4.69) is 61.6 Å². The Kier molecular flexibility index (Phi) is 16.6. The zero-order chi connectivity index (χ0) is 51.1. The van der Waals surface area contributed by atoms with E-state index in [-0.39, 0.29) is 34.0 Å². The van der Waals surface area contributed by atoms with Gasteiger partial charge >= 0.3 is 31.3 Å². The number of phosphoric acid groups is 4. The maximum Gasteiger partial charge on any atom is 0.481 e. The van der Waals surface area contributed by atoms with Crippen molar-refractivity contribution in [1.29, 1.82) is 0 Å². The molecule has 4 aliphatic rings. The molecule has 40 heteroatoms. The second-order valence-corrected chi connectivity index (χ2v) is 21.3. The average Bonchev–Trinajstić information content (AvgIpc) is 4.14. The number of aliphatic hydroxyl groups is 8. The molecule has 8 rings (SSSR count). The molecule has 17 N–H and O–H groups in total. The molecular weight excluding hydrogens is 1040 g/mol. The molecule has 0 saturated carbocycles. The number of phosphoric ester groups is 4. The molecule has 3 fully saturated rings. The summed E-state index contributed by atoms with van der Waals surface area (Å²) < 4.78 is 93.4. The molecule has 3 saturated heterocycles. The Bertz CT molecular complexity index is 2710. The van der Waals surface area contributed by atoms with Gasteiger partial charge in [0.05, 0.1) is 32.5 Å². The number of aliphatic hydroxyl groups excluding tert-OH is 8. The number of nitrogens with two attached hydrogens (primary N) is 2. The molecule has 0 aliphatic carbocycles. The van der Waals surface area contributed by atoms with E-state index in [1.165, 1.54) is 21.8 Å². The number of nitrogens with zero attached hydrogens (tertiary/aromatic N) is 8. The van der Waals surface area contributed by atoms with E-state index in [0.29, 0.717) is 0 Å². The normalized spacial score (nSPS) is 34.4. The van der Waals surface area contributed by atoms with Gasteiger partial charge in [0.2, 0.25) is 6.04 Å². The van der Waals surface area contributed by atoms with Crippen LogP contribution in [0, 0.1) is 6.61 Å². The van der Waals surface area contributed by atoms with Crippen LogP contribution in [0.2, 0.25) is 0 Å². The molecule has 4 aliphatic heterocycles. The largest absolute Gasteiger partial charge is 0.481 e. The number of fused-ring (bicyclic) bond motifs is 2. The van der Waals surface area contributed by atoms with Crippen molar-refractivity contribution in [3.8, 4) is 0 Å². The highest BCUT2D eigenvalue weighted by Crippen LogP contribution is 2.62. The first kappa shape index (κ1) is 54.1. The molecule has 36 nitrogen and oxygen atoms in total. The second kappa shape index (κ2) is 21.4. The third-order valence-electron chi connectivity index (χ3n) is 10.4. The van der Waals surface area contributed by atoms with Crippen molar-refractivity contribution < 1.29 is 125 Å². The van der Waals surface area contributed by atoms with Gasteiger partial charge in [-0.05, 0) is 0 Å². The van der Waals surface area contributed by atoms with Crippen LogP contribution in [0.3, 0.4) is 0 Å². The first-order chi connectivity index (χ1) is 32.8. The fourth-order valence-electron chi connectivity index (χ4n) is 6.84. The molecule has 0 radical (unpaired) electrons. The molecule has 4 aromatic heterocycles. The Hall–Kier alpha value is -3.68. The lowest BCUT2D eigenvalue weighted by Crippen LogP contribution is -2.76. The van der Waals surface area contributed by atoms with Crippen LogP contribution in [-0.4, -0.2) is 205 Å². The average molecular weight is 1080 g/mol. The van der Waals surface area contributed by atoms with E-state index in [0.717, 1.165) is 25.5 Å². The minimum atomic E-state index is -5.25. The van der Waals surface area contributed by atoms with Gasteiger partial charge in [0, 0.05) is 0 Å². The highest BCUT2D eigenvalue weighted by molar-refractivity contribution is 7.61. The van der Waals surface area contributed by atoms with Crippen molar-refractivity contribution >= 4 is 71.5 Å². The quantitative estimate of drug-likeness (QED) is 0.0325. The monoisotopic (exact) mass is 1080 g/mol. The zero-order valence-electron chi connectivity index (χ0n) is 35.1. The SMILES string of the molecule is Nc1ncnc2c1ncn2C1OC(COP(=O)(O)OP(=O)(O)OC[C@H]2O[CH+][C@H](O)[C@@H]2O)C(O)C1O.Nc1ncnc2c1ncn2C1OC(COP(=O)(O)OP(=O)(O)OC[C@H]2[NH+]=C[C@H](O)[C@@H]2O)C(O)C1O. The molecule has 0 bridgehead atoms. The summed E-state index contributed by atoms with van der Waals surface area (Å²) in [5.74, 6) is 0.141. The van der Waals surface area contributed by atoms with Crippen LogP contribution in [0.1, 0.15) is 12.5 Å². The minimum absolute atomic E-state index is 0.0685. The van der Waals surface area contributed by atoms with Crippen molar-refractivity contribution in [1.82, 2.24) is 39.0 Å². The van der Waals surface area contributed by atoms with Crippen molar-refractivity contribution in [3.63, 3.8) is 0 Å². The summed E-state index contributed by atoms with van der Waals surface area (Å²) >= 11 is 0. The van der Waals surface area contributed by atoms with Crippen LogP contribution in [0.15, 0.2) is 25.3 Å². The van der Waals surface area contributed by atoms with Gasteiger partial charge in [-0.15, -0.1) is 0 Å². The maximum absolute atomic E-state index is 12.2. The van der Waals surface area contributed by atoms with Gasteiger partial charge in [0.25, 0.3) is 12.7 Å². The number of ether oxygens (including phenoxy) is 3. The number of rotatable bonds is 18. The van der Waals surface area contributed by atoms with Gasteiger partial charge in [0.1, 0.15) is 66.9 Å². The summed E-state index contributed by atoms with van der Waals surface area (Å²) in [5, 5.41) is 79.3. The number of imidazole rings is 2. The van der Waals surface area contributed by atoms with Crippen molar-refractivity contribution in [3.05, 3.63) is 31.9 Å². The lowest BCUT2D eigenvalue weighted by molar-refractivity contribution is -0.502. The molecule has 388 valence electrons. The van der Waals surface area contributed by atoms with E-state index >= 15 is 0 Å². The first-order valence-electron chi connectivity index (χ1n) is 19.8. The Balaban J connectivity index is 0.000000206. The molecule has 0 aromatic carbocycles. The summed E-state index contributed by atoms with van der Waals surface area (Å²) in [6, 6.07) is -0.978. The fourth-order valence-corrected chi connectivity index (χ4v) is 11.0. The molecule has 8 heterocycles. The number of aromatic nitrogens is 8. The topological polar surface area (TPSA) is 547 Å². The predicted octanol–water partition coefficient (Wildman–Crippen LogP) is -6.91. The Morgan fingerprint density at radius 2 is 0.986 bits per heavy atom. The molecular formula is C30H45N11O25P4+2. The zero-order valence-corrected chi connectivity index (χ0v) is 38.6. The third kappa shape index (κ3) is 12.4. The summed E-state index contributed by atoms with van der Waals surface area (Å²) in [6.45, 7) is -2.24. The van der Waals surface area contributed by atoms with Gasteiger partial charge < -0.3 is 81.4 Å². The first-order valence-corrected chi connectivity index (χ1v) is 25.8. The maximum atomic E-state index is 12.2. The molecule has 70 heavy (non-hydrogen) atoms. The van der Waals surface area contributed by atoms with Gasteiger partial charge in [-0.2, -0.15) is 13.4 Å². The Labute approximate surface area is 390 Å². The van der Waals surface area contributed by atoms with E-state index in [4.69, 9.17) is 25.7 Å². The molecule has 0 spiro atoms. The van der Waals surface area contributed by atoms with Gasteiger partial charge in [0.15, 0.2) is 66.0 Å². The standard InChI is InChI=1S/C15H22N6O12P2.C15H21N5O13P2/c16-13-9-14(19-4-18-13)21(5-20-9)15-12(25)11(24)8(32-15)3-31-35(28,29)33-34(26,27)30-2-6-10(23)7(22)1-17-6;16-13-9-14(18-4-17-13)20(5-19-9)15-12(24)11(23)8(32-15)3-31-35(27,28)33-34(25,26)30-2-7-10(22)6(21)1-29-7/h1,4-8,10-12,15,22-25H,2-3H2,(H,26,27)(H,28,29)(H2,16,18,19);1,4-8,10-12,15,21-24H,2-3H2,(H3-,16,17,18,25,26,27,28)/p+2/t2*6-,7+,8?,10-,11?,12?,15?/m10/s1. The van der Waals surface area contributed by atoms with Crippen LogP contribution in [-0.2, 0) is 59.2 Å². The number of nitrogens with one attached hydrogen (secondary N) is 1. The second-order valence-electron chi connectivity index (χ2n) is 15.2. The minimum Gasteiger partial charge on any atom is -0.387 e. The summed E-state index contributed by atoms with van der Waals surface area (Å²) in [6.07, 6.45) is -12.2. The van der Waals surface area contributed by atoms with Crippen molar-refractivity contribution in [2.24, 2.45) is 0 Å². The lowest BCUT2D eigenvalue weighted by Gasteiger charge is -2.19. The molecule has 0 amide bonds. The van der Waals surface area contributed by atoms with Crippen LogP contribution >= 0.6 is 31.3 Å².